The lowest BCUT2D eigenvalue weighted by Gasteiger charge is -2.18. The Morgan fingerprint density at radius 3 is 2.34 bits per heavy atom. The molecule has 1 aliphatic rings. The van der Waals surface area contributed by atoms with Crippen molar-refractivity contribution in [2.75, 3.05) is 23.4 Å². The van der Waals surface area contributed by atoms with Gasteiger partial charge in [-0.3, -0.25) is 9.59 Å². The number of rotatable bonds is 7. The van der Waals surface area contributed by atoms with Gasteiger partial charge in [0.05, 0.1) is 24.5 Å². The van der Waals surface area contributed by atoms with Crippen LogP contribution in [0.5, 0.6) is 5.75 Å². The Labute approximate surface area is 172 Å². The number of nitrogens with zero attached hydrogens (tertiary/aromatic N) is 1. The van der Waals surface area contributed by atoms with Crippen molar-refractivity contribution < 1.29 is 23.9 Å². The fourth-order valence-corrected chi connectivity index (χ4v) is 3.04. The minimum absolute atomic E-state index is 0.0699. The van der Waals surface area contributed by atoms with Crippen LogP contribution in [0.1, 0.15) is 24.2 Å². The third-order valence-corrected chi connectivity index (χ3v) is 4.45. The second-order valence-corrected chi connectivity index (χ2v) is 6.33. The van der Waals surface area contributed by atoms with Crippen molar-refractivity contribution in [3.05, 3.63) is 64.8 Å². The quantitative estimate of drug-likeness (QED) is 0.549. The van der Waals surface area contributed by atoms with Crippen LogP contribution in [0.3, 0.4) is 0 Å². The molecule has 0 bridgehead atoms. The van der Waals surface area contributed by atoms with Crippen LogP contribution in [0.2, 0.25) is 0 Å². The molecule has 7 nitrogen and oxygen atoms in total. The van der Waals surface area contributed by atoms with E-state index < -0.39 is 17.8 Å². The van der Waals surface area contributed by atoms with Gasteiger partial charge >= 0.3 is 5.97 Å². The number of imide groups is 1. The monoisotopic (exact) mass is 414 g/mol. The van der Waals surface area contributed by atoms with Gasteiger partial charge in [-0.2, -0.15) is 0 Å². The highest BCUT2D eigenvalue weighted by molar-refractivity contribution is 6.53. The number of para-hydroxylation sites is 1. The van der Waals surface area contributed by atoms with Crippen LogP contribution >= 0.6 is 11.6 Å². The Kier molecular flexibility index (Phi) is 6.19. The van der Waals surface area contributed by atoms with Gasteiger partial charge in [-0.15, -0.1) is 0 Å². The van der Waals surface area contributed by atoms with E-state index in [1.54, 1.807) is 43.3 Å². The summed E-state index contributed by atoms with van der Waals surface area (Å²) in [4.78, 5) is 38.7. The SMILES string of the molecule is CCOC(=O)c1ccccc1N1C(=O)C(Cl)=C(Nc2ccc(OCC)cc2)C1=O. The van der Waals surface area contributed by atoms with Crippen molar-refractivity contribution in [2.24, 2.45) is 0 Å². The zero-order valence-corrected chi connectivity index (χ0v) is 16.7. The van der Waals surface area contributed by atoms with Crippen molar-refractivity contribution in [1.82, 2.24) is 0 Å². The number of ether oxygens (including phenoxy) is 2. The number of carbonyl (C=O) groups is 3. The number of benzene rings is 2. The van der Waals surface area contributed by atoms with Crippen molar-refractivity contribution in [3.8, 4) is 5.75 Å². The summed E-state index contributed by atoms with van der Waals surface area (Å²) in [5, 5.41) is 2.62. The Bertz CT molecular complexity index is 985. The van der Waals surface area contributed by atoms with Gasteiger partial charge in [0, 0.05) is 5.69 Å². The minimum Gasteiger partial charge on any atom is -0.494 e. The number of carbonyl (C=O) groups excluding carboxylic acids is 3. The molecule has 3 rings (SSSR count). The second kappa shape index (κ2) is 8.79. The second-order valence-electron chi connectivity index (χ2n) is 5.95. The molecule has 150 valence electrons. The Morgan fingerprint density at radius 2 is 1.69 bits per heavy atom. The number of hydrogen-bond acceptors (Lipinski definition) is 6. The maximum absolute atomic E-state index is 13.0. The molecule has 0 aromatic heterocycles. The van der Waals surface area contributed by atoms with E-state index in [1.807, 2.05) is 6.92 Å². The predicted octanol–water partition coefficient (Wildman–Crippen LogP) is 3.70. The number of nitrogens with one attached hydrogen (secondary N) is 1. The lowest BCUT2D eigenvalue weighted by Crippen LogP contribution is -2.33. The summed E-state index contributed by atoms with van der Waals surface area (Å²) in [6.07, 6.45) is 0. The molecule has 1 N–H and O–H groups in total. The normalized spacial score (nSPS) is 13.7. The van der Waals surface area contributed by atoms with Crippen LogP contribution in [0.15, 0.2) is 59.3 Å². The highest BCUT2D eigenvalue weighted by Crippen LogP contribution is 2.32. The first-order valence-corrected chi connectivity index (χ1v) is 9.40. The van der Waals surface area contributed by atoms with E-state index in [2.05, 4.69) is 5.32 Å². The Balaban J connectivity index is 1.88. The molecule has 2 aromatic rings. The fourth-order valence-electron chi connectivity index (χ4n) is 2.83. The topological polar surface area (TPSA) is 84.9 Å². The number of esters is 1. The zero-order chi connectivity index (χ0) is 21.0. The third-order valence-electron chi connectivity index (χ3n) is 4.10. The average Bonchev–Trinajstić information content (AvgIpc) is 2.93. The summed E-state index contributed by atoms with van der Waals surface area (Å²) < 4.78 is 10.4. The maximum Gasteiger partial charge on any atom is 0.340 e. The van der Waals surface area contributed by atoms with Gasteiger partial charge < -0.3 is 14.8 Å². The van der Waals surface area contributed by atoms with Crippen LogP contribution in [0, 0.1) is 0 Å². The first-order valence-electron chi connectivity index (χ1n) is 9.02. The van der Waals surface area contributed by atoms with Crippen molar-refractivity contribution in [2.45, 2.75) is 13.8 Å². The fraction of sp³-hybridized carbons (Fsp3) is 0.190. The predicted molar refractivity (Wildman–Crippen MR) is 109 cm³/mol. The molecule has 1 heterocycles. The summed E-state index contributed by atoms with van der Waals surface area (Å²) in [5.41, 5.74) is 0.702. The van der Waals surface area contributed by atoms with Crippen molar-refractivity contribution in [3.63, 3.8) is 0 Å². The average molecular weight is 415 g/mol. The van der Waals surface area contributed by atoms with Gasteiger partial charge in [-0.05, 0) is 50.2 Å². The third kappa shape index (κ3) is 4.09. The van der Waals surface area contributed by atoms with E-state index in [4.69, 9.17) is 21.1 Å². The minimum atomic E-state index is -0.721. The van der Waals surface area contributed by atoms with E-state index in [1.165, 1.54) is 12.1 Å². The molecule has 0 saturated heterocycles. The van der Waals surface area contributed by atoms with Crippen molar-refractivity contribution >= 4 is 40.8 Å². The molecular formula is C21H19ClN2O5. The van der Waals surface area contributed by atoms with Crippen LogP contribution in [0.25, 0.3) is 0 Å². The molecular weight excluding hydrogens is 396 g/mol. The lowest BCUT2D eigenvalue weighted by atomic mass is 10.1. The first kappa shape index (κ1) is 20.4. The first-order chi connectivity index (χ1) is 14.0. The number of anilines is 2. The largest absolute Gasteiger partial charge is 0.494 e. The van der Waals surface area contributed by atoms with E-state index in [9.17, 15) is 14.4 Å². The smallest absolute Gasteiger partial charge is 0.340 e. The summed E-state index contributed by atoms with van der Waals surface area (Å²) in [6.45, 7) is 4.25. The molecule has 1 aliphatic heterocycles. The molecule has 0 radical (unpaired) electrons. The Morgan fingerprint density at radius 1 is 1.00 bits per heavy atom. The molecule has 8 heteroatoms. The van der Waals surface area contributed by atoms with Crippen LogP contribution < -0.4 is 15.0 Å². The van der Waals surface area contributed by atoms with Crippen LogP contribution in [0.4, 0.5) is 11.4 Å². The van der Waals surface area contributed by atoms with Gasteiger partial charge in [0.2, 0.25) is 0 Å². The van der Waals surface area contributed by atoms with Gasteiger partial charge in [0.15, 0.2) is 0 Å². The molecule has 0 atom stereocenters. The van der Waals surface area contributed by atoms with E-state index in [-0.39, 0.29) is 28.6 Å². The van der Waals surface area contributed by atoms with Gasteiger partial charge in [-0.1, -0.05) is 23.7 Å². The highest BCUT2D eigenvalue weighted by Gasteiger charge is 2.40. The lowest BCUT2D eigenvalue weighted by molar-refractivity contribution is -0.120. The molecule has 0 saturated carbocycles. The molecule has 29 heavy (non-hydrogen) atoms. The molecule has 2 aromatic carbocycles. The molecule has 0 aliphatic carbocycles. The van der Waals surface area contributed by atoms with Gasteiger partial charge in [0.1, 0.15) is 16.5 Å². The maximum atomic E-state index is 13.0. The van der Waals surface area contributed by atoms with Gasteiger partial charge in [0.25, 0.3) is 11.8 Å². The summed E-state index contributed by atoms with van der Waals surface area (Å²) >= 11 is 6.16. The number of amides is 2. The molecule has 2 amide bonds. The summed E-state index contributed by atoms with van der Waals surface area (Å²) in [5.74, 6) is -1.34. The van der Waals surface area contributed by atoms with Crippen molar-refractivity contribution in [1.29, 1.82) is 0 Å². The van der Waals surface area contributed by atoms with E-state index in [0.29, 0.717) is 18.0 Å². The van der Waals surface area contributed by atoms with E-state index >= 15 is 0 Å². The standard InChI is InChI=1S/C21H19ClN2O5/c1-3-28-14-11-9-13(10-12-14)23-18-17(22)19(25)24(20(18)26)16-8-6-5-7-15(16)21(27)29-4-2/h5-12,23H,3-4H2,1-2H3. The van der Waals surface area contributed by atoms with Crippen LogP contribution in [-0.4, -0.2) is 31.0 Å². The number of hydrogen-bond donors (Lipinski definition) is 1. The Hall–Kier alpha value is -3.32. The number of halogens is 1. The zero-order valence-electron chi connectivity index (χ0n) is 15.9. The molecule has 0 fully saturated rings. The highest BCUT2D eigenvalue weighted by atomic mass is 35.5. The summed E-state index contributed by atoms with van der Waals surface area (Å²) in [7, 11) is 0. The van der Waals surface area contributed by atoms with Crippen LogP contribution in [-0.2, 0) is 14.3 Å². The van der Waals surface area contributed by atoms with E-state index in [0.717, 1.165) is 4.90 Å². The molecule has 0 spiro atoms. The molecule has 0 unspecified atom stereocenters. The summed E-state index contributed by atoms with van der Waals surface area (Å²) in [6, 6.07) is 13.1. The van der Waals surface area contributed by atoms with Gasteiger partial charge in [-0.25, -0.2) is 9.69 Å².